The third kappa shape index (κ3) is 3.95. The highest BCUT2D eigenvalue weighted by molar-refractivity contribution is 7.26. The predicted octanol–water partition coefficient (Wildman–Crippen LogP) is 10.5. The molecular formula is C39H25N3S. The molecule has 0 amide bonds. The van der Waals surface area contributed by atoms with E-state index in [1.807, 2.05) is 11.3 Å². The second-order valence-corrected chi connectivity index (χ2v) is 12.1. The minimum absolute atomic E-state index is 0.649. The van der Waals surface area contributed by atoms with E-state index in [1.165, 1.54) is 58.1 Å². The van der Waals surface area contributed by atoms with E-state index in [0.29, 0.717) is 6.54 Å². The van der Waals surface area contributed by atoms with E-state index in [-0.39, 0.29) is 0 Å². The summed E-state index contributed by atoms with van der Waals surface area (Å²) in [5.74, 6) is 1.63. The summed E-state index contributed by atoms with van der Waals surface area (Å²) < 4.78 is 4.60. The molecule has 4 heteroatoms. The van der Waals surface area contributed by atoms with Crippen molar-refractivity contribution in [3.05, 3.63) is 145 Å². The van der Waals surface area contributed by atoms with Gasteiger partial charge in [0.15, 0.2) is 11.6 Å². The zero-order chi connectivity index (χ0) is 28.3. The van der Waals surface area contributed by atoms with Crippen LogP contribution in [-0.2, 0) is 6.54 Å². The van der Waals surface area contributed by atoms with Gasteiger partial charge in [0, 0.05) is 31.3 Å². The molecule has 0 bridgehead atoms. The molecule has 2 aromatic heterocycles. The standard InChI is InChI=1S/C39H25N3S/c1-2-9-25(10-3-1)24-42-39(35-15-8-14-34-33-13-6-7-16-36(33)43-37(34)35)40-38(41-42)28-19-20-30-27(23-28)18-22-31-29-12-5-4-11-26(29)17-21-32(30)31/h1-23H,24H2. The maximum absolute atomic E-state index is 5.24. The number of rotatable bonds is 4. The van der Waals surface area contributed by atoms with Crippen LogP contribution < -0.4 is 0 Å². The van der Waals surface area contributed by atoms with Crippen molar-refractivity contribution >= 4 is 63.8 Å². The number of hydrogen-bond donors (Lipinski definition) is 0. The highest BCUT2D eigenvalue weighted by Gasteiger charge is 2.19. The fourth-order valence-electron chi connectivity index (χ4n) is 6.42. The maximum Gasteiger partial charge on any atom is 0.181 e. The van der Waals surface area contributed by atoms with Crippen molar-refractivity contribution in [1.29, 1.82) is 0 Å². The lowest BCUT2D eigenvalue weighted by atomic mass is 9.96. The van der Waals surface area contributed by atoms with Gasteiger partial charge in [-0.05, 0) is 56.1 Å². The molecular weight excluding hydrogens is 543 g/mol. The third-order valence-corrected chi connectivity index (χ3v) is 9.71. The molecule has 0 N–H and O–H groups in total. The molecule has 0 spiro atoms. The first-order valence-corrected chi connectivity index (χ1v) is 15.4. The van der Waals surface area contributed by atoms with Crippen molar-refractivity contribution in [2.75, 3.05) is 0 Å². The van der Waals surface area contributed by atoms with Crippen molar-refractivity contribution in [3.63, 3.8) is 0 Å². The SMILES string of the molecule is c1ccc(Cn2nc(-c3ccc4c(ccc5c6ccccc6ccc45)c3)nc2-c2cccc3c2sc2ccccc23)cc1. The summed E-state index contributed by atoms with van der Waals surface area (Å²) in [6.07, 6.45) is 0. The number of aromatic nitrogens is 3. The molecule has 3 nitrogen and oxygen atoms in total. The van der Waals surface area contributed by atoms with Crippen LogP contribution in [-0.4, -0.2) is 14.8 Å². The first kappa shape index (κ1) is 24.3. The van der Waals surface area contributed by atoms with Gasteiger partial charge in [-0.25, -0.2) is 9.67 Å². The summed E-state index contributed by atoms with van der Waals surface area (Å²) in [6.45, 7) is 0.649. The van der Waals surface area contributed by atoms with E-state index in [4.69, 9.17) is 10.1 Å². The topological polar surface area (TPSA) is 30.7 Å². The molecule has 43 heavy (non-hydrogen) atoms. The van der Waals surface area contributed by atoms with Gasteiger partial charge >= 0.3 is 0 Å². The van der Waals surface area contributed by atoms with Gasteiger partial charge in [-0.15, -0.1) is 11.3 Å². The molecule has 2 heterocycles. The van der Waals surface area contributed by atoms with Crippen LogP contribution in [0.25, 0.3) is 75.3 Å². The largest absolute Gasteiger partial charge is 0.241 e. The average molecular weight is 568 g/mol. The van der Waals surface area contributed by atoms with Gasteiger partial charge in [-0.2, -0.15) is 5.10 Å². The number of hydrogen-bond acceptors (Lipinski definition) is 3. The molecule has 0 saturated carbocycles. The molecule has 202 valence electrons. The average Bonchev–Trinajstić information content (AvgIpc) is 3.66. The zero-order valence-electron chi connectivity index (χ0n) is 23.2. The second kappa shape index (κ2) is 9.62. The fourth-order valence-corrected chi connectivity index (χ4v) is 7.63. The summed E-state index contributed by atoms with van der Waals surface area (Å²) in [5, 5.41) is 15.2. The number of benzene rings is 7. The minimum Gasteiger partial charge on any atom is -0.241 e. The first-order chi connectivity index (χ1) is 21.3. The molecule has 0 aliphatic carbocycles. The monoisotopic (exact) mass is 567 g/mol. The van der Waals surface area contributed by atoms with Crippen LogP contribution in [0.2, 0.25) is 0 Å². The Morgan fingerprint density at radius 1 is 0.535 bits per heavy atom. The molecule has 0 radical (unpaired) electrons. The van der Waals surface area contributed by atoms with Gasteiger partial charge in [0.25, 0.3) is 0 Å². The number of thiophene rings is 1. The fraction of sp³-hybridized carbons (Fsp3) is 0.0256. The summed E-state index contributed by atoms with van der Waals surface area (Å²) in [7, 11) is 0. The Labute approximate surface area is 252 Å². The van der Waals surface area contributed by atoms with E-state index < -0.39 is 0 Å². The molecule has 7 aromatic carbocycles. The Morgan fingerprint density at radius 3 is 2.12 bits per heavy atom. The van der Waals surface area contributed by atoms with E-state index in [2.05, 4.69) is 144 Å². The summed E-state index contributed by atoms with van der Waals surface area (Å²) >= 11 is 1.83. The van der Waals surface area contributed by atoms with Gasteiger partial charge in [0.05, 0.1) is 6.54 Å². The van der Waals surface area contributed by atoms with Crippen molar-refractivity contribution < 1.29 is 0 Å². The molecule has 0 unspecified atom stereocenters. The van der Waals surface area contributed by atoms with Crippen LogP contribution >= 0.6 is 11.3 Å². The minimum atomic E-state index is 0.649. The smallest absolute Gasteiger partial charge is 0.181 e. The molecule has 0 aliphatic heterocycles. The molecule has 0 saturated heterocycles. The first-order valence-electron chi connectivity index (χ1n) is 14.5. The zero-order valence-corrected chi connectivity index (χ0v) is 24.1. The second-order valence-electron chi connectivity index (χ2n) is 11.1. The third-order valence-electron chi connectivity index (χ3n) is 8.49. The highest BCUT2D eigenvalue weighted by Crippen LogP contribution is 2.40. The summed E-state index contributed by atoms with van der Waals surface area (Å²) in [6, 6.07) is 49.9. The Bertz CT molecular complexity index is 2490. The lowest BCUT2D eigenvalue weighted by Gasteiger charge is -2.08. The van der Waals surface area contributed by atoms with Crippen molar-refractivity contribution in [1.82, 2.24) is 14.8 Å². The van der Waals surface area contributed by atoms with Crippen LogP contribution in [0.1, 0.15) is 5.56 Å². The van der Waals surface area contributed by atoms with Gasteiger partial charge in [0.1, 0.15) is 0 Å². The summed E-state index contributed by atoms with van der Waals surface area (Å²) in [5.41, 5.74) is 3.33. The van der Waals surface area contributed by atoms with E-state index in [0.717, 1.165) is 22.8 Å². The van der Waals surface area contributed by atoms with Crippen LogP contribution in [0.15, 0.2) is 140 Å². The van der Waals surface area contributed by atoms with E-state index in [9.17, 15) is 0 Å². The van der Waals surface area contributed by atoms with Crippen LogP contribution in [0, 0.1) is 0 Å². The number of nitrogens with zero attached hydrogens (tertiary/aromatic N) is 3. The van der Waals surface area contributed by atoms with Gasteiger partial charge in [0.2, 0.25) is 0 Å². The quantitative estimate of drug-likeness (QED) is 0.198. The number of fused-ring (bicyclic) bond motifs is 8. The van der Waals surface area contributed by atoms with E-state index in [1.54, 1.807) is 0 Å². The highest BCUT2D eigenvalue weighted by atomic mass is 32.1. The van der Waals surface area contributed by atoms with E-state index >= 15 is 0 Å². The maximum atomic E-state index is 5.24. The Balaban J connectivity index is 1.22. The molecule has 0 fully saturated rings. The van der Waals surface area contributed by atoms with Gasteiger partial charge < -0.3 is 0 Å². The molecule has 0 atom stereocenters. The van der Waals surface area contributed by atoms with Crippen molar-refractivity contribution in [3.8, 4) is 22.8 Å². The molecule has 9 rings (SSSR count). The van der Waals surface area contributed by atoms with Crippen LogP contribution in [0.4, 0.5) is 0 Å². The van der Waals surface area contributed by atoms with Gasteiger partial charge in [-0.3, -0.25) is 0 Å². The lowest BCUT2D eigenvalue weighted by molar-refractivity contribution is 0.696. The molecule has 0 aliphatic rings. The van der Waals surface area contributed by atoms with Crippen molar-refractivity contribution in [2.24, 2.45) is 0 Å². The summed E-state index contributed by atoms with van der Waals surface area (Å²) in [4.78, 5) is 5.24. The van der Waals surface area contributed by atoms with Gasteiger partial charge in [-0.1, -0.05) is 121 Å². The molecule has 9 aromatic rings. The van der Waals surface area contributed by atoms with Crippen LogP contribution in [0.3, 0.4) is 0 Å². The Kier molecular flexibility index (Phi) is 5.43. The Morgan fingerprint density at radius 2 is 1.23 bits per heavy atom. The lowest BCUT2D eigenvalue weighted by Crippen LogP contribution is -2.04. The Hall–Kier alpha value is -5.32. The van der Waals surface area contributed by atoms with Crippen molar-refractivity contribution in [2.45, 2.75) is 6.54 Å². The normalized spacial score (nSPS) is 11.8. The predicted molar refractivity (Wildman–Crippen MR) is 182 cm³/mol. The van der Waals surface area contributed by atoms with Crippen LogP contribution in [0.5, 0.6) is 0 Å².